The van der Waals surface area contributed by atoms with Gasteiger partial charge in [-0.2, -0.15) is 12.6 Å². The molecule has 0 aromatic heterocycles. The lowest BCUT2D eigenvalue weighted by molar-refractivity contribution is -0.121. The smallest absolute Gasteiger partial charge is 0.218 e. The lowest BCUT2D eigenvalue weighted by atomic mass is 10.6. The second-order valence-electron chi connectivity index (χ2n) is 1.40. The number of carbonyl (C=O) groups is 1. The second-order valence-corrected chi connectivity index (χ2v) is 1.76. The van der Waals surface area contributed by atoms with Gasteiger partial charge in [-0.1, -0.05) is 0 Å². The Kier molecular flexibility index (Phi) is 3.64. The largest absolute Gasteiger partial charge is 0.373 e. The summed E-state index contributed by atoms with van der Waals surface area (Å²) in [5.41, 5.74) is 0. The van der Waals surface area contributed by atoms with Crippen LogP contribution in [-0.4, -0.2) is 23.0 Å². The molecule has 0 aliphatic heterocycles. The zero-order chi connectivity index (χ0) is 6.57. The first kappa shape index (κ1) is 7.78. The van der Waals surface area contributed by atoms with Crippen LogP contribution in [0.2, 0.25) is 0 Å². The molecule has 3 nitrogen and oxygen atoms in total. The lowest BCUT2D eigenvalue weighted by Crippen LogP contribution is -2.33. The summed E-state index contributed by atoms with van der Waals surface area (Å²) in [5, 5.41) is 10.9. The number of rotatable bonds is 2. The highest BCUT2D eigenvalue weighted by atomic mass is 32.1. The number of nitrogens with one attached hydrogen (secondary N) is 1. The first-order valence-electron chi connectivity index (χ1n) is 2.23. The molecule has 0 spiro atoms. The van der Waals surface area contributed by atoms with E-state index in [2.05, 4.69) is 17.9 Å². The van der Waals surface area contributed by atoms with Crippen molar-refractivity contribution in [1.82, 2.24) is 5.32 Å². The topological polar surface area (TPSA) is 49.3 Å². The van der Waals surface area contributed by atoms with Crippen molar-refractivity contribution in [2.45, 2.75) is 13.2 Å². The summed E-state index contributed by atoms with van der Waals surface area (Å²) in [4.78, 5) is 10.1. The van der Waals surface area contributed by atoms with E-state index in [9.17, 15) is 4.79 Å². The third-order valence-electron chi connectivity index (χ3n) is 0.543. The van der Waals surface area contributed by atoms with Crippen LogP contribution < -0.4 is 5.32 Å². The minimum Gasteiger partial charge on any atom is -0.373 e. The van der Waals surface area contributed by atoms with Crippen molar-refractivity contribution in [1.29, 1.82) is 0 Å². The van der Waals surface area contributed by atoms with E-state index in [4.69, 9.17) is 5.11 Å². The van der Waals surface area contributed by atoms with Gasteiger partial charge in [0.1, 0.15) is 6.23 Å². The quantitative estimate of drug-likeness (QED) is 0.349. The summed E-state index contributed by atoms with van der Waals surface area (Å²) >= 11 is 3.73. The molecule has 0 fully saturated rings. The van der Waals surface area contributed by atoms with Gasteiger partial charge in [0.15, 0.2) is 0 Å². The average Bonchev–Trinajstić information content (AvgIpc) is 1.65. The van der Waals surface area contributed by atoms with E-state index in [1.165, 1.54) is 6.92 Å². The monoisotopic (exact) mass is 135 g/mol. The standard InChI is InChI=1S/C4H9NO2S/c1-3(6)5-4(7)2-8/h4,7-8H,2H2,1H3,(H,5,6). The van der Waals surface area contributed by atoms with Crippen LogP contribution in [0.4, 0.5) is 0 Å². The maximum Gasteiger partial charge on any atom is 0.218 e. The Labute approximate surface area is 53.5 Å². The molecule has 0 radical (unpaired) electrons. The Bertz CT molecular complexity index is 86.1. The summed E-state index contributed by atoms with van der Waals surface area (Å²) in [7, 11) is 0. The number of thiol groups is 1. The Hall–Kier alpha value is -0.220. The van der Waals surface area contributed by atoms with E-state index >= 15 is 0 Å². The van der Waals surface area contributed by atoms with E-state index in [1.807, 2.05) is 0 Å². The summed E-state index contributed by atoms with van der Waals surface area (Å²) in [5.74, 6) is 0.00565. The van der Waals surface area contributed by atoms with Crippen LogP contribution in [0, 0.1) is 0 Å². The normalized spacial score (nSPS) is 12.9. The lowest BCUT2D eigenvalue weighted by Gasteiger charge is -2.05. The van der Waals surface area contributed by atoms with Crippen molar-refractivity contribution in [2.24, 2.45) is 0 Å². The number of hydrogen-bond donors (Lipinski definition) is 3. The molecule has 0 aromatic carbocycles. The van der Waals surface area contributed by atoms with Crippen LogP contribution in [0.3, 0.4) is 0 Å². The number of aliphatic hydroxyl groups is 1. The zero-order valence-electron chi connectivity index (χ0n) is 4.59. The molecule has 1 unspecified atom stereocenters. The van der Waals surface area contributed by atoms with Crippen molar-refractivity contribution in [3.63, 3.8) is 0 Å². The molecule has 48 valence electrons. The molecule has 0 heterocycles. The van der Waals surface area contributed by atoms with Crippen molar-refractivity contribution in [3.8, 4) is 0 Å². The SMILES string of the molecule is CC(=O)NC(O)CS. The third kappa shape index (κ3) is 3.95. The second kappa shape index (κ2) is 3.74. The molecular weight excluding hydrogens is 126 g/mol. The Morgan fingerprint density at radius 1 is 2.00 bits per heavy atom. The summed E-state index contributed by atoms with van der Waals surface area (Å²) in [6.07, 6.45) is -0.809. The molecule has 0 saturated carbocycles. The zero-order valence-corrected chi connectivity index (χ0v) is 5.48. The molecule has 0 aromatic rings. The van der Waals surface area contributed by atoms with Gasteiger partial charge < -0.3 is 10.4 Å². The highest BCUT2D eigenvalue weighted by Gasteiger charge is 1.98. The molecule has 8 heavy (non-hydrogen) atoms. The molecule has 1 amide bonds. The van der Waals surface area contributed by atoms with Gasteiger partial charge in [0.05, 0.1) is 0 Å². The van der Waals surface area contributed by atoms with Gasteiger partial charge in [0.2, 0.25) is 5.91 Å². The molecule has 0 saturated heterocycles. The van der Waals surface area contributed by atoms with E-state index < -0.39 is 6.23 Å². The van der Waals surface area contributed by atoms with Gasteiger partial charge >= 0.3 is 0 Å². The van der Waals surface area contributed by atoms with Crippen LogP contribution in [0.25, 0.3) is 0 Å². The predicted molar refractivity (Wildman–Crippen MR) is 33.7 cm³/mol. The van der Waals surface area contributed by atoms with Crippen molar-refractivity contribution in [2.75, 3.05) is 5.75 Å². The molecule has 4 heteroatoms. The van der Waals surface area contributed by atoms with Gasteiger partial charge in [0.25, 0.3) is 0 Å². The minimum absolute atomic E-state index is 0.244. The molecule has 0 rings (SSSR count). The van der Waals surface area contributed by atoms with Crippen LogP contribution >= 0.6 is 12.6 Å². The fraction of sp³-hybridized carbons (Fsp3) is 0.750. The van der Waals surface area contributed by atoms with Crippen molar-refractivity contribution in [3.05, 3.63) is 0 Å². The Balaban J connectivity index is 3.24. The van der Waals surface area contributed by atoms with Crippen LogP contribution in [-0.2, 0) is 4.79 Å². The summed E-state index contributed by atoms with van der Waals surface area (Å²) < 4.78 is 0. The van der Waals surface area contributed by atoms with Crippen molar-refractivity contribution >= 4 is 18.5 Å². The highest BCUT2D eigenvalue weighted by Crippen LogP contribution is 1.79. The van der Waals surface area contributed by atoms with E-state index in [-0.39, 0.29) is 11.7 Å². The van der Waals surface area contributed by atoms with Gasteiger partial charge in [-0.3, -0.25) is 4.79 Å². The maximum absolute atomic E-state index is 10.1. The summed E-state index contributed by atoms with van der Waals surface area (Å²) in [6.45, 7) is 1.34. The number of carbonyl (C=O) groups excluding carboxylic acids is 1. The van der Waals surface area contributed by atoms with Crippen LogP contribution in [0.1, 0.15) is 6.92 Å². The Morgan fingerprint density at radius 3 is 2.62 bits per heavy atom. The number of hydrogen-bond acceptors (Lipinski definition) is 3. The van der Waals surface area contributed by atoms with Gasteiger partial charge in [-0.25, -0.2) is 0 Å². The number of aliphatic hydroxyl groups excluding tert-OH is 1. The van der Waals surface area contributed by atoms with Gasteiger partial charge in [-0.15, -0.1) is 0 Å². The molecule has 1 atom stereocenters. The van der Waals surface area contributed by atoms with Gasteiger partial charge in [0, 0.05) is 12.7 Å². The maximum atomic E-state index is 10.1. The fourth-order valence-electron chi connectivity index (χ4n) is 0.280. The molecule has 0 aliphatic rings. The van der Waals surface area contributed by atoms with Crippen LogP contribution in [0.15, 0.2) is 0 Å². The van der Waals surface area contributed by atoms with E-state index in [1.54, 1.807) is 0 Å². The summed E-state index contributed by atoms with van der Waals surface area (Å²) in [6, 6.07) is 0. The fourth-order valence-corrected chi connectivity index (χ4v) is 0.372. The minimum atomic E-state index is -0.809. The predicted octanol–water partition coefficient (Wildman–Crippen LogP) is -0.629. The van der Waals surface area contributed by atoms with E-state index in [0.29, 0.717) is 0 Å². The molecular formula is C4H9NO2S. The van der Waals surface area contributed by atoms with E-state index in [0.717, 1.165) is 0 Å². The van der Waals surface area contributed by atoms with Gasteiger partial charge in [-0.05, 0) is 0 Å². The molecule has 0 aliphatic carbocycles. The first-order chi connectivity index (χ1) is 3.66. The molecule has 0 bridgehead atoms. The first-order valence-corrected chi connectivity index (χ1v) is 2.86. The third-order valence-corrected chi connectivity index (χ3v) is 0.889. The highest BCUT2D eigenvalue weighted by molar-refractivity contribution is 7.80. The number of amides is 1. The Morgan fingerprint density at radius 2 is 2.50 bits per heavy atom. The molecule has 2 N–H and O–H groups in total. The average molecular weight is 135 g/mol. The van der Waals surface area contributed by atoms with Crippen molar-refractivity contribution < 1.29 is 9.90 Å². The van der Waals surface area contributed by atoms with Crippen LogP contribution in [0.5, 0.6) is 0 Å².